The van der Waals surface area contributed by atoms with E-state index in [1.54, 1.807) is 6.07 Å². The molecule has 0 fully saturated rings. The van der Waals surface area contributed by atoms with E-state index in [9.17, 15) is 8.78 Å². The lowest BCUT2D eigenvalue weighted by atomic mass is 10.2. The van der Waals surface area contributed by atoms with E-state index in [2.05, 4.69) is 20.9 Å². The van der Waals surface area contributed by atoms with Gasteiger partial charge in [0.1, 0.15) is 6.04 Å². The molecular formula is C7H8BrClF2N2. The molecule has 0 saturated heterocycles. The Labute approximate surface area is 89.1 Å². The van der Waals surface area contributed by atoms with Gasteiger partial charge in [-0.05, 0) is 28.1 Å². The number of alkyl halides is 2. The summed E-state index contributed by atoms with van der Waals surface area (Å²) in [5, 5.41) is 0. The maximum atomic E-state index is 12.0. The van der Waals surface area contributed by atoms with E-state index in [1.165, 1.54) is 12.3 Å². The third-order valence-electron chi connectivity index (χ3n) is 1.36. The van der Waals surface area contributed by atoms with Crippen LogP contribution in [0.15, 0.2) is 22.8 Å². The monoisotopic (exact) mass is 272 g/mol. The van der Waals surface area contributed by atoms with Crippen LogP contribution in [0.1, 0.15) is 11.7 Å². The number of hydrogen-bond acceptors (Lipinski definition) is 2. The van der Waals surface area contributed by atoms with Crippen LogP contribution in [0.3, 0.4) is 0 Å². The van der Waals surface area contributed by atoms with Gasteiger partial charge in [-0.1, -0.05) is 0 Å². The van der Waals surface area contributed by atoms with Crippen molar-refractivity contribution in [2.45, 2.75) is 12.5 Å². The summed E-state index contributed by atoms with van der Waals surface area (Å²) in [6, 6.07) is 1.81. The highest BCUT2D eigenvalue weighted by Gasteiger charge is 2.18. The Hall–Kier alpha value is -0.260. The molecule has 1 rings (SSSR count). The SMILES string of the molecule is Cl.N[C@@H](c1ccc(Br)cn1)C(F)F. The maximum absolute atomic E-state index is 12.0. The Bertz CT molecular complexity index is 255. The zero-order valence-electron chi connectivity index (χ0n) is 6.45. The first kappa shape index (κ1) is 12.7. The lowest BCUT2D eigenvalue weighted by Crippen LogP contribution is -2.19. The van der Waals surface area contributed by atoms with Crippen LogP contribution in [-0.2, 0) is 0 Å². The van der Waals surface area contributed by atoms with E-state index < -0.39 is 12.5 Å². The molecule has 0 bridgehead atoms. The van der Waals surface area contributed by atoms with Gasteiger partial charge in [-0.3, -0.25) is 4.98 Å². The Kier molecular flexibility index (Phi) is 5.36. The van der Waals surface area contributed by atoms with E-state index in [4.69, 9.17) is 5.73 Å². The van der Waals surface area contributed by atoms with Crippen molar-refractivity contribution in [1.82, 2.24) is 4.98 Å². The fourth-order valence-electron chi connectivity index (χ4n) is 0.714. The Balaban J connectivity index is 0.00000144. The van der Waals surface area contributed by atoms with E-state index in [0.717, 1.165) is 4.47 Å². The summed E-state index contributed by atoms with van der Waals surface area (Å²) in [5.74, 6) is 0. The Morgan fingerprint density at radius 1 is 1.38 bits per heavy atom. The molecule has 13 heavy (non-hydrogen) atoms. The van der Waals surface area contributed by atoms with Crippen LogP contribution in [0.25, 0.3) is 0 Å². The predicted octanol–water partition coefficient (Wildman–Crippen LogP) is 2.53. The summed E-state index contributed by atoms with van der Waals surface area (Å²) in [4.78, 5) is 3.75. The number of nitrogens with two attached hydrogens (primary N) is 1. The maximum Gasteiger partial charge on any atom is 0.259 e. The molecule has 0 aromatic carbocycles. The minimum Gasteiger partial charge on any atom is -0.318 e. The third kappa shape index (κ3) is 3.54. The molecule has 0 spiro atoms. The first-order chi connectivity index (χ1) is 5.61. The molecule has 0 saturated carbocycles. The van der Waals surface area contributed by atoms with Crippen molar-refractivity contribution in [3.05, 3.63) is 28.5 Å². The average Bonchev–Trinajstić information content (AvgIpc) is 2.04. The van der Waals surface area contributed by atoms with Gasteiger partial charge in [-0.2, -0.15) is 0 Å². The molecule has 6 heteroatoms. The zero-order chi connectivity index (χ0) is 9.14. The van der Waals surface area contributed by atoms with Gasteiger partial charge in [0.15, 0.2) is 0 Å². The van der Waals surface area contributed by atoms with Gasteiger partial charge in [0.05, 0.1) is 5.69 Å². The molecule has 1 atom stereocenters. The van der Waals surface area contributed by atoms with Gasteiger partial charge in [0, 0.05) is 10.7 Å². The lowest BCUT2D eigenvalue weighted by Gasteiger charge is -2.08. The minimum absolute atomic E-state index is 0. The van der Waals surface area contributed by atoms with Crippen molar-refractivity contribution in [1.29, 1.82) is 0 Å². The van der Waals surface area contributed by atoms with Gasteiger partial charge < -0.3 is 5.73 Å². The largest absolute Gasteiger partial charge is 0.318 e. The smallest absolute Gasteiger partial charge is 0.259 e. The fourth-order valence-corrected chi connectivity index (χ4v) is 0.948. The molecule has 2 N–H and O–H groups in total. The van der Waals surface area contributed by atoms with Gasteiger partial charge in [0.25, 0.3) is 6.43 Å². The lowest BCUT2D eigenvalue weighted by molar-refractivity contribution is 0.114. The van der Waals surface area contributed by atoms with Crippen molar-refractivity contribution in [2.24, 2.45) is 5.73 Å². The van der Waals surface area contributed by atoms with Crippen molar-refractivity contribution in [2.75, 3.05) is 0 Å². The first-order valence-electron chi connectivity index (χ1n) is 3.26. The summed E-state index contributed by atoms with van der Waals surface area (Å²) >= 11 is 3.14. The zero-order valence-corrected chi connectivity index (χ0v) is 8.86. The third-order valence-corrected chi connectivity index (χ3v) is 1.83. The minimum atomic E-state index is -2.57. The van der Waals surface area contributed by atoms with Crippen LogP contribution in [0.4, 0.5) is 8.78 Å². The van der Waals surface area contributed by atoms with Crippen LogP contribution in [0.2, 0.25) is 0 Å². The van der Waals surface area contributed by atoms with E-state index in [-0.39, 0.29) is 18.1 Å². The summed E-state index contributed by atoms with van der Waals surface area (Å²) in [7, 11) is 0. The van der Waals surface area contributed by atoms with Crippen LogP contribution < -0.4 is 5.73 Å². The standard InChI is InChI=1S/C7H7BrF2N2.ClH/c8-4-1-2-5(12-3-4)6(11)7(9)10;/h1-3,6-7H,11H2;1H/t6-;/m0./s1. The van der Waals surface area contributed by atoms with Crippen molar-refractivity contribution in [3.63, 3.8) is 0 Å². The molecule has 0 aliphatic heterocycles. The summed E-state index contributed by atoms with van der Waals surface area (Å²) in [5.41, 5.74) is 5.36. The Morgan fingerprint density at radius 2 is 2.00 bits per heavy atom. The van der Waals surface area contributed by atoms with Crippen molar-refractivity contribution < 1.29 is 8.78 Å². The molecule has 74 valence electrons. The summed E-state index contributed by atoms with van der Waals surface area (Å²) < 4.78 is 24.8. The van der Waals surface area contributed by atoms with E-state index in [0.29, 0.717) is 0 Å². The molecule has 0 aliphatic rings. The molecular weight excluding hydrogens is 265 g/mol. The van der Waals surface area contributed by atoms with Gasteiger partial charge >= 0.3 is 0 Å². The highest BCUT2D eigenvalue weighted by atomic mass is 79.9. The number of pyridine rings is 1. The van der Waals surface area contributed by atoms with Crippen LogP contribution in [0.5, 0.6) is 0 Å². The van der Waals surface area contributed by atoms with Gasteiger partial charge in [-0.15, -0.1) is 12.4 Å². The molecule has 0 radical (unpaired) electrons. The van der Waals surface area contributed by atoms with E-state index in [1.807, 2.05) is 0 Å². The normalized spacial score (nSPS) is 12.4. The topological polar surface area (TPSA) is 38.9 Å². The highest BCUT2D eigenvalue weighted by Crippen LogP contribution is 2.17. The number of hydrogen-bond donors (Lipinski definition) is 1. The number of halogens is 4. The second-order valence-corrected chi connectivity index (χ2v) is 3.18. The van der Waals surface area contributed by atoms with Crippen LogP contribution in [-0.4, -0.2) is 11.4 Å². The molecule has 1 heterocycles. The van der Waals surface area contributed by atoms with Crippen molar-refractivity contribution in [3.8, 4) is 0 Å². The Morgan fingerprint density at radius 3 is 2.38 bits per heavy atom. The number of aromatic nitrogens is 1. The second kappa shape index (κ2) is 5.47. The molecule has 2 nitrogen and oxygen atoms in total. The number of rotatable bonds is 2. The summed E-state index contributed by atoms with van der Waals surface area (Å²) in [6.07, 6.45) is -1.13. The first-order valence-corrected chi connectivity index (χ1v) is 4.05. The molecule has 1 aromatic rings. The fraction of sp³-hybridized carbons (Fsp3) is 0.286. The average molecular weight is 274 g/mol. The molecule has 0 aliphatic carbocycles. The molecule has 0 amide bonds. The molecule has 1 aromatic heterocycles. The summed E-state index contributed by atoms with van der Waals surface area (Å²) in [6.45, 7) is 0. The van der Waals surface area contributed by atoms with Crippen LogP contribution >= 0.6 is 28.3 Å². The molecule has 0 unspecified atom stereocenters. The van der Waals surface area contributed by atoms with Crippen LogP contribution in [0, 0.1) is 0 Å². The van der Waals surface area contributed by atoms with Gasteiger partial charge in [-0.25, -0.2) is 8.78 Å². The second-order valence-electron chi connectivity index (χ2n) is 2.26. The van der Waals surface area contributed by atoms with Gasteiger partial charge in [0.2, 0.25) is 0 Å². The number of nitrogens with zero attached hydrogens (tertiary/aromatic N) is 1. The highest BCUT2D eigenvalue weighted by molar-refractivity contribution is 9.10. The predicted molar refractivity (Wildman–Crippen MR) is 52.1 cm³/mol. The van der Waals surface area contributed by atoms with E-state index >= 15 is 0 Å². The quantitative estimate of drug-likeness (QED) is 0.899. The van der Waals surface area contributed by atoms with Crippen molar-refractivity contribution >= 4 is 28.3 Å².